The average Bonchev–Trinajstić information content (AvgIpc) is 2.24. The molecule has 88 valence electrons. The lowest BCUT2D eigenvalue weighted by atomic mass is 10.0. The zero-order valence-corrected chi connectivity index (χ0v) is 11.4. The molecular weight excluding hydrogens is 266 g/mol. The Morgan fingerprint density at radius 2 is 2.06 bits per heavy atom. The lowest BCUT2D eigenvalue weighted by Crippen LogP contribution is -2.26. The lowest BCUT2D eigenvalue weighted by Gasteiger charge is -2.06. The number of aryl methyl sites for hydroxylation is 2. The molecule has 1 aromatic carbocycles. The highest BCUT2D eigenvalue weighted by molar-refractivity contribution is 9.09. The van der Waals surface area contributed by atoms with E-state index in [2.05, 4.69) is 47.2 Å². The summed E-state index contributed by atoms with van der Waals surface area (Å²) in [7, 11) is 0. The van der Waals surface area contributed by atoms with Crippen molar-refractivity contribution in [3.05, 3.63) is 34.9 Å². The van der Waals surface area contributed by atoms with Crippen LogP contribution in [-0.4, -0.2) is 17.8 Å². The van der Waals surface area contributed by atoms with Crippen molar-refractivity contribution >= 4 is 21.8 Å². The zero-order chi connectivity index (χ0) is 12.0. The van der Waals surface area contributed by atoms with Crippen LogP contribution in [0.4, 0.5) is 0 Å². The van der Waals surface area contributed by atoms with Crippen LogP contribution >= 0.6 is 15.9 Å². The van der Waals surface area contributed by atoms with E-state index in [0.717, 1.165) is 23.9 Å². The molecule has 0 fully saturated rings. The van der Waals surface area contributed by atoms with Crippen molar-refractivity contribution < 1.29 is 4.79 Å². The van der Waals surface area contributed by atoms with Gasteiger partial charge in [-0.05, 0) is 37.0 Å². The second kappa shape index (κ2) is 6.69. The summed E-state index contributed by atoms with van der Waals surface area (Å²) in [5.74, 6) is 0.101. The van der Waals surface area contributed by atoms with E-state index in [4.69, 9.17) is 0 Å². The first-order valence-electron chi connectivity index (χ1n) is 5.52. The highest BCUT2D eigenvalue weighted by atomic mass is 79.9. The minimum atomic E-state index is 0.101. The summed E-state index contributed by atoms with van der Waals surface area (Å²) in [6.45, 7) is 4.89. The Hall–Kier alpha value is -0.830. The number of benzene rings is 1. The van der Waals surface area contributed by atoms with Crippen molar-refractivity contribution in [2.24, 2.45) is 0 Å². The lowest BCUT2D eigenvalue weighted by molar-refractivity contribution is -0.120. The number of rotatable bonds is 5. The number of amides is 1. The molecule has 0 saturated carbocycles. The number of hydrogen-bond acceptors (Lipinski definition) is 1. The minimum absolute atomic E-state index is 0.101. The molecule has 2 nitrogen and oxygen atoms in total. The van der Waals surface area contributed by atoms with Crippen LogP contribution < -0.4 is 5.32 Å². The Kier molecular flexibility index (Phi) is 5.53. The Bertz CT molecular complexity index is 363. The van der Waals surface area contributed by atoms with Gasteiger partial charge in [-0.25, -0.2) is 0 Å². The van der Waals surface area contributed by atoms with Gasteiger partial charge in [0.15, 0.2) is 0 Å². The molecule has 0 aliphatic carbocycles. The first-order chi connectivity index (χ1) is 7.63. The number of halogens is 1. The third-order valence-corrected chi connectivity index (χ3v) is 3.13. The fraction of sp³-hybridized carbons (Fsp3) is 0.462. The predicted molar refractivity (Wildman–Crippen MR) is 71.0 cm³/mol. The van der Waals surface area contributed by atoms with Gasteiger partial charge in [-0.3, -0.25) is 4.79 Å². The van der Waals surface area contributed by atoms with Gasteiger partial charge in [0.25, 0.3) is 0 Å². The molecule has 0 bridgehead atoms. The van der Waals surface area contributed by atoms with E-state index >= 15 is 0 Å². The number of carbonyl (C=O) groups excluding carboxylic acids is 1. The molecular formula is C13H18BrNO. The molecule has 0 heterocycles. The molecule has 0 unspecified atom stereocenters. The summed E-state index contributed by atoms with van der Waals surface area (Å²) in [6.07, 6.45) is 1.45. The molecule has 0 radical (unpaired) electrons. The monoisotopic (exact) mass is 283 g/mol. The van der Waals surface area contributed by atoms with Crippen molar-refractivity contribution in [1.29, 1.82) is 0 Å². The van der Waals surface area contributed by atoms with Crippen molar-refractivity contribution in [2.45, 2.75) is 26.7 Å². The maximum Gasteiger partial charge on any atom is 0.224 e. The normalized spacial score (nSPS) is 10.2. The van der Waals surface area contributed by atoms with E-state index in [9.17, 15) is 4.79 Å². The smallest absolute Gasteiger partial charge is 0.224 e. The summed E-state index contributed by atoms with van der Waals surface area (Å²) in [5.41, 5.74) is 3.59. The predicted octanol–water partition coefficient (Wildman–Crippen LogP) is 2.75. The van der Waals surface area contributed by atoms with E-state index in [1.54, 1.807) is 0 Å². The molecule has 1 rings (SSSR count). The minimum Gasteiger partial charge on any atom is -0.356 e. The van der Waals surface area contributed by atoms with Gasteiger partial charge in [-0.1, -0.05) is 34.1 Å². The second-order valence-corrected chi connectivity index (χ2v) is 4.78. The Morgan fingerprint density at radius 3 is 2.69 bits per heavy atom. The summed E-state index contributed by atoms with van der Waals surface area (Å²) < 4.78 is 0. The zero-order valence-electron chi connectivity index (χ0n) is 9.85. The van der Waals surface area contributed by atoms with Gasteiger partial charge in [-0.15, -0.1) is 0 Å². The Morgan fingerprint density at radius 1 is 1.31 bits per heavy atom. The van der Waals surface area contributed by atoms with Crippen LogP contribution in [0.25, 0.3) is 0 Å². The van der Waals surface area contributed by atoms with Crippen LogP contribution in [0.2, 0.25) is 0 Å². The summed E-state index contributed by atoms with van der Waals surface area (Å²) in [6, 6.07) is 6.17. The van der Waals surface area contributed by atoms with Gasteiger partial charge >= 0.3 is 0 Å². The summed E-state index contributed by atoms with van der Waals surface area (Å²) in [5, 5.41) is 3.82. The molecule has 1 amide bonds. The van der Waals surface area contributed by atoms with Crippen molar-refractivity contribution in [3.63, 3.8) is 0 Å². The summed E-state index contributed by atoms with van der Waals surface area (Å²) in [4.78, 5) is 11.6. The van der Waals surface area contributed by atoms with Crippen LogP contribution in [-0.2, 0) is 11.2 Å². The van der Waals surface area contributed by atoms with E-state index < -0.39 is 0 Å². The van der Waals surface area contributed by atoms with Crippen molar-refractivity contribution in [3.8, 4) is 0 Å². The Balaban J connectivity index is 2.46. The SMILES string of the molecule is Cc1ccc(CC(=O)NCCCBr)cc1C. The molecule has 0 saturated heterocycles. The van der Waals surface area contributed by atoms with Crippen LogP contribution in [0.3, 0.4) is 0 Å². The summed E-state index contributed by atoms with van der Waals surface area (Å²) >= 11 is 3.33. The number of nitrogens with one attached hydrogen (secondary N) is 1. The van der Waals surface area contributed by atoms with Gasteiger partial charge in [0, 0.05) is 11.9 Å². The van der Waals surface area contributed by atoms with Crippen LogP contribution in [0.15, 0.2) is 18.2 Å². The number of carbonyl (C=O) groups is 1. The molecule has 3 heteroatoms. The quantitative estimate of drug-likeness (QED) is 0.654. The topological polar surface area (TPSA) is 29.1 Å². The number of alkyl halides is 1. The second-order valence-electron chi connectivity index (χ2n) is 3.99. The first-order valence-corrected chi connectivity index (χ1v) is 6.64. The van der Waals surface area contributed by atoms with Gasteiger partial charge < -0.3 is 5.32 Å². The fourth-order valence-corrected chi connectivity index (χ4v) is 1.74. The molecule has 1 aromatic rings. The standard InChI is InChI=1S/C13H18BrNO/c1-10-4-5-12(8-11(10)2)9-13(16)15-7-3-6-14/h4-5,8H,3,6-7,9H2,1-2H3,(H,15,16). The van der Waals surface area contributed by atoms with E-state index in [0.29, 0.717) is 6.42 Å². The van der Waals surface area contributed by atoms with E-state index in [-0.39, 0.29) is 5.91 Å². The molecule has 1 N–H and O–H groups in total. The molecule has 0 atom stereocenters. The van der Waals surface area contributed by atoms with Crippen LogP contribution in [0.5, 0.6) is 0 Å². The first kappa shape index (κ1) is 13.2. The van der Waals surface area contributed by atoms with Crippen molar-refractivity contribution in [2.75, 3.05) is 11.9 Å². The average molecular weight is 284 g/mol. The molecule has 16 heavy (non-hydrogen) atoms. The van der Waals surface area contributed by atoms with E-state index in [1.165, 1.54) is 11.1 Å². The van der Waals surface area contributed by atoms with Crippen LogP contribution in [0, 0.1) is 13.8 Å². The molecule has 0 aromatic heterocycles. The third kappa shape index (κ3) is 4.35. The Labute approximate surface area is 106 Å². The maximum atomic E-state index is 11.6. The molecule has 0 spiro atoms. The highest BCUT2D eigenvalue weighted by Gasteiger charge is 2.03. The highest BCUT2D eigenvalue weighted by Crippen LogP contribution is 2.10. The van der Waals surface area contributed by atoms with Gasteiger partial charge in [0.1, 0.15) is 0 Å². The fourth-order valence-electron chi connectivity index (χ4n) is 1.46. The maximum absolute atomic E-state index is 11.6. The molecule has 0 aliphatic heterocycles. The number of hydrogen-bond donors (Lipinski definition) is 1. The van der Waals surface area contributed by atoms with Crippen molar-refractivity contribution in [1.82, 2.24) is 5.32 Å². The third-order valence-electron chi connectivity index (χ3n) is 2.57. The largest absolute Gasteiger partial charge is 0.356 e. The van der Waals surface area contributed by atoms with Crippen LogP contribution in [0.1, 0.15) is 23.1 Å². The van der Waals surface area contributed by atoms with Gasteiger partial charge in [0.05, 0.1) is 6.42 Å². The van der Waals surface area contributed by atoms with Gasteiger partial charge in [-0.2, -0.15) is 0 Å². The molecule has 0 aliphatic rings. The van der Waals surface area contributed by atoms with Gasteiger partial charge in [0.2, 0.25) is 5.91 Å². The van der Waals surface area contributed by atoms with E-state index in [1.807, 2.05) is 6.07 Å².